The number of nitrogens with two attached hydrogens (primary N) is 1. The van der Waals surface area contributed by atoms with Crippen LogP contribution in [0.5, 0.6) is 0 Å². The molecule has 0 radical (unpaired) electrons. The molecule has 1 aromatic rings. The fraction of sp³-hybridized carbons (Fsp3) is 0.235. The first-order valence-electron chi connectivity index (χ1n) is 6.43. The third kappa shape index (κ3) is 7.07. The molecule has 0 atom stereocenters. The van der Waals surface area contributed by atoms with Gasteiger partial charge in [-0.3, -0.25) is 0 Å². The zero-order valence-corrected chi connectivity index (χ0v) is 11.5. The molecule has 3 nitrogen and oxygen atoms in total. The van der Waals surface area contributed by atoms with Crippen molar-refractivity contribution in [3.63, 3.8) is 0 Å². The molecule has 2 N–H and O–H groups in total. The number of carbonyl (C=O) groups excluding carboxylic acids is 1. The van der Waals surface area contributed by atoms with Crippen LogP contribution in [0.2, 0.25) is 0 Å². The van der Waals surface area contributed by atoms with Gasteiger partial charge in [-0.15, -0.1) is 6.58 Å². The maximum atomic E-state index is 10.3. The van der Waals surface area contributed by atoms with Gasteiger partial charge >= 0.3 is 6.09 Å². The first-order valence-corrected chi connectivity index (χ1v) is 6.43. The molecule has 0 fully saturated rings. The van der Waals surface area contributed by atoms with Crippen LogP contribution in [0.3, 0.4) is 0 Å². The number of rotatable bonds is 6. The van der Waals surface area contributed by atoms with E-state index in [9.17, 15) is 4.79 Å². The highest BCUT2D eigenvalue weighted by molar-refractivity contribution is 5.64. The van der Waals surface area contributed by atoms with Crippen LogP contribution >= 0.6 is 0 Å². The summed E-state index contributed by atoms with van der Waals surface area (Å²) in [5.74, 6) is 5.66. The molecule has 20 heavy (non-hydrogen) atoms. The number of amides is 1. The molecular formula is C17H19NO2. The van der Waals surface area contributed by atoms with Gasteiger partial charge in [0.25, 0.3) is 0 Å². The van der Waals surface area contributed by atoms with Crippen molar-refractivity contribution in [1.82, 2.24) is 0 Å². The summed E-state index contributed by atoms with van der Waals surface area (Å²) in [6, 6.07) is 10.3. The average molecular weight is 269 g/mol. The lowest BCUT2D eigenvalue weighted by atomic mass is 10.0. The second-order valence-electron chi connectivity index (χ2n) is 4.18. The largest absolute Gasteiger partial charge is 0.437 e. The quantitative estimate of drug-likeness (QED) is 0.636. The van der Waals surface area contributed by atoms with Gasteiger partial charge in [0.1, 0.15) is 0 Å². The third-order valence-corrected chi connectivity index (χ3v) is 2.58. The standard InChI is InChI=1S/C17H19NO2/c1-2-9-15(14-16-11-5-3-6-12-16)10-7-4-8-13-20-17(18)19/h2-3,5-6,10-12H,1,7,9,13-14H2,(H2,18,19). The molecule has 0 spiro atoms. The molecule has 0 saturated heterocycles. The molecule has 0 aliphatic carbocycles. The molecule has 3 heteroatoms. The SMILES string of the molecule is C=CCC(=CCC#CCOC(N)=O)Cc1ccccc1. The Morgan fingerprint density at radius 3 is 2.70 bits per heavy atom. The summed E-state index contributed by atoms with van der Waals surface area (Å²) in [4.78, 5) is 10.3. The highest BCUT2D eigenvalue weighted by Gasteiger charge is 1.97. The molecule has 0 heterocycles. The van der Waals surface area contributed by atoms with E-state index in [0.717, 1.165) is 12.8 Å². The topological polar surface area (TPSA) is 52.3 Å². The van der Waals surface area contributed by atoms with Crippen LogP contribution < -0.4 is 5.73 Å². The summed E-state index contributed by atoms with van der Waals surface area (Å²) in [6.45, 7) is 3.81. The molecule has 1 amide bonds. The van der Waals surface area contributed by atoms with E-state index in [-0.39, 0.29) is 6.61 Å². The highest BCUT2D eigenvalue weighted by Crippen LogP contribution is 2.12. The number of benzene rings is 1. The maximum absolute atomic E-state index is 10.3. The fourth-order valence-electron chi connectivity index (χ4n) is 1.70. The molecule has 1 aromatic carbocycles. The Labute approximate surface area is 120 Å². The van der Waals surface area contributed by atoms with E-state index in [1.165, 1.54) is 11.1 Å². The average Bonchev–Trinajstić information content (AvgIpc) is 2.43. The minimum absolute atomic E-state index is 0.0403. The van der Waals surface area contributed by atoms with Crippen molar-refractivity contribution >= 4 is 6.09 Å². The van der Waals surface area contributed by atoms with Crippen LogP contribution in [-0.2, 0) is 11.2 Å². The van der Waals surface area contributed by atoms with E-state index in [2.05, 4.69) is 41.4 Å². The Hall–Kier alpha value is -2.47. The Morgan fingerprint density at radius 1 is 1.30 bits per heavy atom. The van der Waals surface area contributed by atoms with Crippen molar-refractivity contribution in [1.29, 1.82) is 0 Å². The lowest BCUT2D eigenvalue weighted by molar-refractivity contribution is 0.171. The normalized spacial score (nSPS) is 10.3. The number of hydrogen-bond donors (Lipinski definition) is 1. The van der Waals surface area contributed by atoms with Gasteiger partial charge in [-0.2, -0.15) is 0 Å². The summed E-state index contributed by atoms with van der Waals surface area (Å²) in [5.41, 5.74) is 7.37. The van der Waals surface area contributed by atoms with E-state index in [4.69, 9.17) is 5.73 Å². The summed E-state index contributed by atoms with van der Waals surface area (Å²) < 4.78 is 4.52. The van der Waals surface area contributed by atoms with E-state index in [0.29, 0.717) is 6.42 Å². The van der Waals surface area contributed by atoms with Crippen molar-refractivity contribution in [2.75, 3.05) is 6.61 Å². The first-order chi connectivity index (χ1) is 9.72. The van der Waals surface area contributed by atoms with E-state index >= 15 is 0 Å². The van der Waals surface area contributed by atoms with Gasteiger partial charge in [-0.05, 0) is 18.4 Å². The molecule has 0 aliphatic rings. The van der Waals surface area contributed by atoms with Crippen molar-refractivity contribution < 1.29 is 9.53 Å². The Balaban J connectivity index is 2.50. The van der Waals surface area contributed by atoms with Gasteiger partial charge in [0.15, 0.2) is 6.61 Å². The van der Waals surface area contributed by atoms with Gasteiger partial charge in [0, 0.05) is 6.42 Å². The third-order valence-electron chi connectivity index (χ3n) is 2.58. The van der Waals surface area contributed by atoms with Crippen LogP contribution in [0, 0.1) is 11.8 Å². The van der Waals surface area contributed by atoms with Gasteiger partial charge < -0.3 is 10.5 Å². The fourth-order valence-corrected chi connectivity index (χ4v) is 1.70. The molecular weight excluding hydrogens is 250 g/mol. The second kappa shape index (κ2) is 9.46. The summed E-state index contributed by atoms with van der Waals surface area (Å²) >= 11 is 0. The van der Waals surface area contributed by atoms with Crippen molar-refractivity contribution in [2.45, 2.75) is 19.3 Å². The molecule has 104 valence electrons. The molecule has 0 aromatic heterocycles. The van der Waals surface area contributed by atoms with Crippen LogP contribution in [0.1, 0.15) is 18.4 Å². The van der Waals surface area contributed by atoms with Gasteiger partial charge in [0.05, 0.1) is 0 Å². The van der Waals surface area contributed by atoms with Gasteiger partial charge in [-0.1, -0.05) is 59.9 Å². The van der Waals surface area contributed by atoms with Crippen molar-refractivity contribution in [3.8, 4) is 11.8 Å². The molecule has 0 saturated carbocycles. The number of ether oxygens (including phenoxy) is 1. The van der Waals surface area contributed by atoms with Crippen molar-refractivity contribution in [3.05, 3.63) is 60.2 Å². The predicted molar refractivity (Wildman–Crippen MR) is 81.0 cm³/mol. The lowest BCUT2D eigenvalue weighted by Crippen LogP contribution is -2.12. The monoisotopic (exact) mass is 269 g/mol. The summed E-state index contributed by atoms with van der Waals surface area (Å²) in [7, 11) is 0. The number of primary amides is 1. The number of hydrogen-bond acceptors (Lipinski definition) is 2. The number of allylic oxidation sites excluding steroid dienone is 3. The van der Waals surface area contributed by atoms with Gasteiger partial charge in [0.2, 0.25) is 0 Å². The molecule has 0 unspecified atom stereocenters. The number of carbonyl (C=O) groups is 1. The summed E-state index contributed by atoms with van der Waals surface area (Å²) in [6.07, 6.45) is 5.54. The van der Waals surface area contributed by atoms with E-state index < -0.39 is 6.09 Å². The predicted octanol–water partition coefficient (Wildman–Crippen LogP) is 3.22. The first kappa shape index (κ1) is 15.6. The van der Waals surface area contributed by atoms with Crippen LogP contribution in [0.4, 0.5) is 4.79 Å². The zero-order valence-electron chi connectivity index (χ0n) is 11.5. The van der Waals surface area contributed by atoms with Crippen LogP contribution in [0.25, 0.3) is 0 Å². The smallest absolute Gasteiger partial charge is 0.405 e. The Morgan fingerprint density at radius 2 is 2.05 bits per heavy atom. The van der Waals surface area contributed by atoms with E-state index in [1.54, 1.807) is 0 Å². The van der Waals surface area contributed by atoms with Crippen LogP contribution in [0.15, 0.2) is 54.6 Å². The lowest BCUT2D eigenvalue weighted by Gasteiger charge is -2.04. The zero-order chi connectivity index (χ0) is 14.6. The van der Waals surface area contributed by atoms with Crippen molar-refractivity contribution in [2.24, 2.45) is 5.73 Å². The van der Waals surface area contributed by atoms with E-state index in [1.807, 2.05) is 24.3 Å². The molecule has 0 bridgehead atoms. The van der Waals surface area contributed by atoms with Gasteiger partial charge in [-0.25, -0.2) is 4.79 Å². The minimum Gasteiger partial charge on any atom is -0.437 e. The van der Waals surface area contributed by atoms with Crippen LogP contribution in [-0.4, -0.2) is 12.7 Å². The molecule has 1 rings (SSSR count). The summed E-state index contributed by atoms with van der Waals surface area (Å²) in [5, 5.41) is 0. The maximum Gasteiger partial charge on any atom is 0.405 e. The highest BCUT2D eigenvalue weighted by atomic mass is 16.5. The second-order valence-corrected chi connectivity index (χ2v) is 4.18. The Kier molecular flexibility index (Phi) is 7.37. The molecule has 0 aliphatic heterocycles. The minimum atomic E-state index is -0.800. The Bertz CT molecular complexity index is 521.